The number of aromatic nitrogens is 4. The van der Waals surface area contributed by atoms with E-state index in [1.165, 1.54) is 6.92 Å². The number of hydrogen-bond acceptors (Lipinski definition) is 5. The maximum atomic E-state index is 13.2. The standard InChI is InChI=1S/C25H26N6O3/c1-4-30-24-23(16(2)29-31(24)20-8-6-5-7-9-20)28-21(25(30)34)14-15-22(33)27-19-12-10-18(11-13-19)26-17(3)32/h5-13H,4,14-15H2,1-3H3,(H,26,32)(H,27,33). The lowest BCUT2D eigenvalue weighted by Gasteiger charge is -2.11. The Balaban J connectivity index is 1.55. The quantitative estimate of drug-likeness (QED) is 0.441. The molecule has 0 aliphatic carbocycles. The largest absolute Gasteiger partial charge is 0.326 e. The van der Waals surface area contributed by atoms with Crippen LogP contribution in [0.3, 0.4) is 0 Å². The van der Waals surface area contributed by atoms with Crippen LogP contribution in [0.5, 0.6) is 0 Å². The van der Waals surface area contributed by atoms with E-state index in [9.17, 15) is 14.4 Å². The van der Waals surface area contributed by atoms with Gasteiger partial charge in [0, 0.05) is 37.7 Å². The van der Waals surface area contributed by atoms with E-state index in [0.717, 1.165) is 5.69 Å². The Bertz CT molecular complexity index is 1400. The van der Waals surface area contributed by atoms with E-state index < -0.39 is 0 Å². The van der Waals surface area contributed by atoms with Gasteiger partial charge in [-0.2, -0.15) is 5.10 Å². The first-order valence-corrected chi connectivity index (χ1v) is 11.1. The van der Waals surface area contributed by atoms with Crippen LogP contribution in [0.25, 0.3) is 16.9 Å². The number of nitrogens with zero attached hydrogens (tertiary/aromatic N) is 4. The molecule has 0 bridgehead atoms. The Morgan fingerprint density at radius 2 is 1.62 bits per heavy atom. The highest BCUT2D eigenvalue weighted by atomic mass is 16.2. The van der Waals surface area contributed by atoms with Crippen molar-refractivity contribution in [3.8, 4) is 5.69 Å². The van der Waals surface area contributed by atoms with E-state index in [-0.39, 0.29) is 30.2 Å². The minimum Gasteiger partial charge on any atom is -0.326 e. The molecule has 2 N–H and O–H groups in total. The second kappa shape index (κ2) is 9.70. The molecule has 2 aromatic heterocycles. The molecule has 0 atom stereocenters. The molecule has 2 aromatic carbocycles. The van der Waals surface area contributed by atoms with Crippen LogP contribution in [0, 0.1) is 6.92 Å². The lowest BCUT2D eigenvalue weighted by Crippen LogP contribution is -2.27. The van der Waals surface area contributed by atoms with E-state index in [4.69, 9.17) is 0 Å². The van der Waals surface area contributed by atoms with E-state index in [0.29, 0.717) is 40.5 Å². The fourth-order valence-electron chi connectivity index (χ4n) is 3.82. The van der Waals surface area contributed by atoms with Gasteiger partial charge in [0.25, 0.3) is 5.56 Å². The summed E-state index contributed by atoms with van der Waals surface area (Å²) in [5, 5.41) is 10.1. The number of aryl methyl sites for hydroxylation is 3. The summed E-state index contributed by atoms with van der Waals surface area (Å²) in [6.45, 7) is 5.65. The summed E-state index contributed by atoms with van der Waals surface area (Å²) in [4.78, 5) is 41.4. The van der Waals surface area contributed by atoms with Crippen molar-refractivity contribution in [1.29, 1.82) is 0 Å². The average molecular weight is 459 g/mol. The number of carbonyl (C=O) groups excluding carboxylic acids is 2. The second-order valence-corrected chi connectivity index (χ2v) is 7.92. The van der Waals surface area contributed by atoms with Crippen molar-refractivity contribution in [2.45, 2.75) is 40.2 Å². The van der Waals surface area contributed by atoms with Gasteiger partial charge in [-0.05, 0) is 50.2 Å². The molecule has 174 valence electrons. The van der Waals surface area contributed by atoms with Gasteiger partial charge in [-0.25, -0.2) is 9.67 Å². The van der Waals surface area contributed by atoms with Crippen molar-refractivity contribution in [2.24, 2.45) is 0 Å². The number of hydrogen-bond donors (Lipinski definition) is 2. The number of benzene rings is 2. The number of para-hydroxylation sites is 1. The minimum atomic E-state index is -0.228. The van der Waals surface area contributed by atoms with Gasteiger partial charge in [-0.1, -0.05) is 18.2 Å². The number of carbonyl (C=O) groups is 2. The third-order valence-electron chi connectivity index (χ3n) is 5.39. The predicted molar refractivity (Wildman–Crippen MR) is 131 cm³/mol. The van der Waals surface area contributed by atoms with Crippen molar-refractivity contribution in [2.75, 3.05) is 10.6 Å². The Morgan fingerprint density at radius 1 is 0.971 bits per heavy atom. The molecule has 0 spiro atoms. The van der Waals surface area contributed by atoms with E-state index in [1.807, 2.05) is 44.2 Å². The van der Waals surface area contributed by atoms with Gasteiger partial charge in [0.05, 0.1) is 11.4 Å². The van der Waals surface area contributed by atoms with Crippen LogP contribution in [0.2, 0.25) is 0 Å². The van der Waals surface area contributed by atoms with Crippen LogP contribution < -0.4 is 16.2 Å². The molecule has 34 heavy (non-hydrogen) atoms. The predicted octanol–water partition coefficient (Wildman–Crippen LogP) is 3.44. The van der Waals surface area contributed by atoms with Crippen LogP contribution in [0.15, 0.2) is 59.4 Å². The SMILES string of the molecule is CCn1c(=O)c(CCC(=O)Nc2ccc(NC(C)=O)cc2)nc2c(C)nn(-c3ccccc3)c21. The number of fused-ring (bicyclic) bond motifs is 1. The smallest absolute Gasteiger partial charge is 0.273 e. The lowest BCUT2D eigenvalue weighted by atomic mass is 10.2. The highest BCUT2D eigenvalue weighted by Gasteiger charge is 2.19. The normalized spacial score (nSPS) is 10.9. The molecular weight excluding hydrogens is 432 g/mol. The van der Waals surface area contributed by atoms with Crippen LogP contribution in [0.4, 0.5) is 11.4 Å². The van der Waals surface area contributed by atoms with Gasteiger partial charge in [-0.15, -0.1) is 0 Å². The van der Waals surface area contributed by atoms with Crippen molar-refractivity contribution < 1.29 is 9.59 Å². The maximum Gasteiger partial charge on any atom is 0.273 e. The number of nitrogens with one attached hydrogen (secondary N) is 2. The van der Waals surface area contributed by atoms with Crippen LogP contribution >= 0.6 is 0 Å². The fraction of sp³-hybridized carbons (Fsp3) is 0.240. The van der Waals surface area contributed by atoms with Gasteiger partial charge in [0.15, 0.2) is 5.65 Å². The van der Waals surface area contributed by atoms with Crippen molar-refractivity contribution in [3.05, 3.63) is 76.3 Å². The molecule has 0 saturated carbocycles. The summed E-state index contributed by atoms with van der Waals surface area (Å²) in [5.74, 6) is -0.392. The molecule has 0 aliphatic rings. The van der Waals surface area contributed by atoms with Crippen LogP contribution in [-0.2, 0) is 22.6 Å². The fourth-order valence-corrected chi connectivity index (χ4v) is 3.82. The number of rotatable bonds is 7. The molecule has 0 fully saturated rings. The van der Waals surface area contributed by atoms with Gasteiger partial charge in [0.1, 0.15) is 11.2 Å². The lowest BCUT2D eigenvalue weighted by molar-refractivity contribution is -0.116. The molecule has 4 aromatic rings. The summed E-state index contributed by atoms with van der Waals surface area (Å²) in [6, 6.07) is 16.4. The van der Waals surface area contributed by atoms with Gasteiger partial charge in [0.2, 0.25) is 11.8 Å². The molecular formula is C25H26N6O3. The Kier molecular flexibility index (Phi) is 6.53. The van der Waals surface area contributed by atoms with E-state index in [2.05, 4.69) is 20.7 Å². The molecule has 0 unspecified atom stereocenters. The second-order valence-electron chi connectivity index (χ2n) is 7.92. The average Bonchev–Trinajstić information content (AvgIpc) is 3.15. The van der Waals surface area contributed by atoms with Crippen LogP contribution in [-0.4, -0.2) is 31.1 Å². The van der Waals surface area contributed by atoms with Gasteiger partial charge in [-0.3, -0.25) is 19.0 Å². The number of amides is 2. The first-order chi connectivity index (χ1) is 16.4. The zero-order valence-corrected chi connectivity index (χ0v) is 19.3. The molecule has 2 amide bonds. The first-order valence-electron chi connectivity index (χ1n) is 11.1. The highest BCUT2D eigenvalue weighted by Crippen LogP contribution is 2.20. The topological polar surface area (TPSA) is 111 Å². The zero-order chi connectivity index (χ0) is 24.2. The van der Waals surface area contributed by atoms with Crippen LogP contribution in [0.1, 0.15) is 31.7 Å². The molecule has 9 heteroatoms. The molecule has 0 aliphatic heterocycles. The summed E-state index contributed by atoms with van der Waals surface area (Å²) in [6.07, 6.45) is 0.317. The van der Waals surface area contributed by atoms with Crippen molar-refractivity contribution in [1.82, 2.24) is 19.3 Å². The summed E-state index contributed by atoms with van der Waals surface area (Å²) in [7, 11) is 0. The summed E-state index contributed by atoms with van der Waals surface area (Å²) < 4.78 is 3.40. The van der Waals surface area contributed by atoms with Crippen molar-refractivity contribution in [3.63, 3.8) is 0 Å². The summed E-state index contributed by atoms with van der Waals surface area (Å²) >= 11 is 0. The zero-order valence-electron chi connectivity index (χ0n) is 19.3. The molecule has 0 saturated heterocycles. The first kappa shape index (κ1) is 22.9. The third-order valence-corrected chi connectivity index (χ3v) is 5.39. The Labute approximate surface area is 196 Å². The Hall–Kier alpha value is -4.27. The van der Waals surface area contributed by atoms with E-state index in [1.54, 1.807) is 33.5 Å². The monoisotopic (exact) mass is 458 g/mol. The maximum absolute atomic E-state index is 13.2. The van der Waals surface area contributed by atoms with Gasteiger partial charge < -0.3 is 10.6 Å². The molecule has 4 rings (SSSR count). The summed E-state index contributed by atoms with van der Waals surface area (Å²) in [5.41, 5.74) is 4.22. The van der Waals surface area contributed by atoms with Gasteiger partial charge >= 0.3 is 0 Å². The number of anilines is 2. The third kappa shape index (κ3) is 4.73. The minimum absolute atomic E-state index is 0.108. The Morgan fingerprint density at radius 3 is 2.24 bits per heavy atom. The molecule has 0 radical (unpaired) electrons. The van der Waals surface area contributed by atoms with Crippen molar-refractivity contribution >= 4 is 34.4 Å². The van der Waals surface area contributed by atoms with E-state index >= 15 is 0 Å². The molecule has 9 nitrogen and oxygen atoms in total. The molecule has 2 heterocycles. The highest BCUT2D eigenvalue weighted by molar-refractivity contribution is 5.92.